The summed E-state index contributed by atoms with van der Waals surface area (Å²) in [5.74, 6) is 0.920. The Kier molecular flexibility index (Phi) is 2.20. The van der Waals surface area contributed by atoms with Gasteiger partial charge in [-0.15, -0.1) is 0 Å². The maximum Gasteiger partial charge on any atom is 0.115 e. The van der Waals surface area contributed by atoms with Crippen LogP contribution in [-0.4, -0.2) is 15.9 Å². The Balaban J connectivity index is 2.64. The molecular weight excluding hydrogens is 186 g/mol. The molecule has 0 aliphatic carbocycles. The van der Waals surface area contributed by atoms with Crippen LogP contribution in [0.25, 0.3) is 5.52 Å². The van der Waals surface area contributed by atoms with Gasteiger partial charge < -0.3 is 5.73 Å². The molecule has 0 aliphatic rings. The van der Waals surface area contributed by atoms with E-state index in [1.807, 2.05) is 22.6 Å². The van der Waals surface area contributed by atoms with Crippen molar-refractivity contribution >= 4 is 17.1 Å². The molecule has 2 N–H and O–H groups in total. The third kappa shape index (κ3) is 1.41. The summed E-state index contributed by atoms with van der Waals surface area (Å²) in [5, 5.41) is 0.679. The summed E-state index contributed by atoms with van der Waals surface area (Å²) in [4.78, 5) is 4.24. The van der Waals surface area contributed by atoms with Crippen molar-refractivity contribution in [3.05, 3.63) is 35.4 Å². The lowest BCUT2D eigenvalue weighted by Gasteiger charge is -2.01. The van der Waals surface area contributed by atoms with Crippen molar-refractivity contribution in [2.24, 2.45) is 5.73 Å². The van der Waals surface area contributed by atoms with Crippen LogP contribution in [0.5, 0.6) is 0 Å². The number of halogens is 1. The van der Waals surface area contributed by atoms with Crippen LogP contribution in [-0.2, 0) is 6.42 Å². The van der Waals surface area contributed by atoms with Gasteiger partial charge in [0.1, 0.15) is 11.0 Å². The third-order valence-corrected chi connectivity index (χ3v) is 2.24. The van der Waals surface area contributed by atoms with E-state index in [-0.39, 0.29) is 0 Å². The molecule has 0 bridgehead atoms. The number of imidazole rings is 1. The number of nitrogens with two attached hydrogens (primary N) is 1. The predicted octanol–water partition coefficient (Wildman–Crippen LogP) is 1.49. The molecule has 13 heavy (non-hydrogen) atoms. The van der Waals surface area contributed by atoms with E-state index in [1.165, 1.54) is 0 Å². The Bertz CT molecular complexity index is 422. The van der Waals surface area contributed by atoms with Gasteiger partial charge in [0.2, 0.25) is 0 Å². The van der Waals surface area contributed by atoms with Crippen molar-refractivity contribution in [1.82, 2.24) is 9.38 Å². The summed E-state index contributed by atoms with van der Waals surface area (Å²) >= 11 is 6.02. The number of hydrogen-bond acceptors (Lipinski definition) is 2. The van der Waals surface area contributed by atoms with Crippen LogP contribution in [0.4, 0.5) is 0 Å². The summed E-state index contributed by atoms with van der Waals surface area (Å²) in [5.41, 5.74) is 6.47. The fraction of sp³-hybridized carbons (Fsp3) is 0.222. The van der Waals surface area contributed by atoms with Gasteiger partial charge >= 0.3 is 0 Å². The Labute approximate surface area is 81.1 Å². The Morgan fingerprint density at radius 2 is 2.31 bits per heavy atom. The second-order valence-electron chi connectivity index (χ2n) is 2.82. The molecule has 0 radical (unpaired) electrons. The van der Waals surface area contributed by atoms with Gasteiger partial charge in [-0.2, -0.15) is 0 Å². The molecule has 0 amide bonds. The average molecular weight is 196 g/mol. The maximum absolute atomic E-state index is 6.02. The maximum atomic E-state index is 6.02. The van der Waals surface area contributed by atoms with Crippen LogP contribution >= 0.6 is 11.6 Å². The first kappa shape index (κ1) is 8.53. The minimum Gasteiger partial charge on any atom is -0.330 e. The van der Waals surface area contributed by atoms with E-state index in [1.54, 1.807) is 6.20 Å². The van der Waals surface area contributed by atoms with Gasteiger partial charge in [-0.3, -0.25) is 4.40 Å². The molecule has 68 valence electrons. The Morgan fingerprint density at radius 1 is 1.46 bits per heavy atom. The molecule has 0 unspecified atom stereocenters. The highest BCUT2D eigenvalue weighted by Crippen LogP contribution is 2.15. The molecule has 2 rings (SSSR count). The zero-order chi connectivity index (χ0) is 9.26. The van der Waals surface area contributed by atoms with Crippen LogP contribution in [0.2, 0.25) is 5.15 Å². The Hall–Kier alpha value is -1.06. The van der Waals surface area contributed by atoms with Crippen LogP contribution < -0.4 is 5.73 Å². The zero-order valence-electron chi connectivity index (χ0n) is 7.07. The molecule has 0 atom stereocenters. The molecule has 0 aromatic carbocycles. The largest absolute Gasteiger partial charge is 0.330 e. The van der Waals surface area contributed by atoms with Gasteiger partial charge in [0, 0.05) is 6.42 Å². The van der Waals surface area contributed by atoms with E-state index < -0.39 is 0 Å². The van der Waals surface area contributed by atoms with Gasteiger partial charge in [0.25, 0.3) is 0 Å². The van der Waals surface area contributed by atoms with Crippen molar-refractivity contribution in [1.29, 1.82) is 0 Å². The molecule has 0 saturated heterocycles. The van der Waals surface area contributed by atoms with Gasteiger partial charge in [-0.05, 0) is 18.7 Å². The molecule has 0 fully saturated rings. The summed E-state index contributed by atoms with van der Waals surface area (Å²) in [6, 6.07) is 5.72. The van der Waals surface area contributed by atoms with E-state index in [2.05, 4.69) is 4.98 Å². The van der Waals surface area contributed by atoms with E-state index in [0.29, 0.717) is 11.7 Å². The van der Waals surface area contributed by atoms with Crippen LogP contribution in [0.3, 0.4) is 0 Å². The van der Waals surface area contributed by atoms with E-state index in [0.717, 1.165) is 17.8 Å². The highest BCUT2D eigenvalue weighted by molar-refractivity contribution is 6.29. The van der Waals surface area contributed by atoms with E-state index in [9.17, 15) is 0 Å². The molecule has 2 aromatic rings. The quantitative estimate of drug-likeness (QED) is 0.738. The van der Waals surface area contributed by atoms with Gasteiger partial charge in [0.15, 0.2) is 0 Å². The second-order valence-corrected chi connectivity index (χ2v) is 3.21. The molecule has 0 spiro atoms. The third-order valence-electron chi connectivity index (χ3n) is 1.94. The number of aromatic nitrogens is 2. The van der Waals surface area contributed by atoms with Crippen molar-refractivity contribution in [3.63, 3.8) is 0 Å². The molecule has 2 heterocycles. The standard InChI is InChI=1S/C9H10ClN3/c10-8-3-1-2-7-6-12-9(4-5-11)13(7)8/h1-3,6H,4-5,11H2. The zero-order valence-corrected chi connectivity index (χ0v) is 7.83. The summed E-state index contributed by atoms with van der Waals surface area (Å²) < 4.78 is 1.91. The molecule has 3 nitrogen and oxygen atoms in total. The van der Waals surface area contributed by atoms with E-state index >= 15 is 0 Å². The molecule has 2 aromatic heterocycles. The average Bonchev–Trinajstić information content (AvgIpc) is 2.51. The normalized spacial score (nSPS) is 10.9. The first-order valence-corrected chi connectivity index (χ1v) is 4.51. The molecular formula is C9H10ClN3. The first-order valence-electron chi connectivity index (χ1n) is 4.14. The summed E-state index contributed by atoms with van der Waals surface area (Å²) in [7, 11) is 0. The fourth-order valence-corrected chi connectivity index (χ4v) is 1.64. The van der Waals surface area contributed by atoms with Crippen molar-refractivity contribution in [2.45, 2.75) is 6.42 Å². The van der Waals surface area contributed by atoms with Crippen LogP contribution in [0.15, 0.2) is 24.4 Å². The topological polar surface area (TPSA) is 43.3 Å². The summed E-state index contributed by atoms with van der Waals surface area (Å²) in [6.45, 7) is 0.588. The second kappa shape index (κ2) is 3.36. The highest BCUT2D eigenvalue weighted by Gasteiger charge is 2.04. The number of hydrogen-bond donors (Lipinski definition) is 1. The number of fused-ring (bicyclic) bond motifs is 1. The smallest absolute Gasteiger partial charge is 0.115 e. The molecule has 0 aliphatic heterocycles. The van der Waals surface area contributed by atoms with Crippen molar-refractivity contribution in [2.75, 3.05) is 6.54 Å². The monoisotopic (exact) mass is 195 g/mol. The van der Waals surface area contributed by atoms with Gasteiger partial charge in [-0.25, -0.2) is 4.98 Å². The number of rotatable bonds is 2. The Morgan fingerprint density at radius 3 is 3.08 bits per heavy atom. The summed E-state index contributed by atoms with van der Waals surface area (Å²) in [6.07, 6.45) is 2.55. The fourth-order valence-electron chi connectivity index (χ4n) is 1.38. The minimum absolute atomic E-state index is 0.588. The lowest BCUT2D eigenvalue weighted by molar-refractivity contribution is 0.863. The van der Waals surface area contributed by atoms with E-state index in [4.69, 9.17) is 17.3 Å². The predicted molar refractivity (Wildman–Crippen MR) is 53.0 cm³/mol. The first-order chi connectivity index (χ1) is 6.33. The molecule has 0 saturated carbocycles. The molecule has 4 heteroatoms. The minimum atomic E-state index is 0.588. The van der Waals surface area contributed by atoms with Gasteiger partial charge in [0.05, 0.1) is 11.7 Å². The van der Waals surface area contributed by atoms with Crippen molar-refractivity contribution in [3.8, 4) is 0 Å². The SMILES string of the molecule is NCCc1ncc2cccc(Cl)n12. The number of nitrogens with zero attached hydrogens (tertiary/aromatic N) is 2. The lowest BCUT2D eigenvalue weighted by atomic mass is 10.4. The highest BCUT2D eigenvalue weighted by atomic mass is 35.5. The van der Waals surface area contributed by atoms with Crippen LogP contribution in [0, 0.1) is 0 Å². The lowest BCUT2D eigenvalue weighted by Crippen LogP contribution is -2.06. The van der Waals surface area contributed by atoms with Gasteiger partial charge in [-0.1, -0.05) is 17.7 Å². The van der Waals surface area contributed by atoms with Crippen LogP contribution in [0.1, 0.15) is 5.82 Å². The van der Waals surface area contributed by atoms with Crippen molar-refractivity contribution < 1.29 is 0 Å². The number of pyridine rings is 1.